The number of benzene rings is 2. The molecule has 1 heterocycles. The summed E-state index contributed by atoms with van der Waals surface area (Å²) < 4.78 is 11.7. The zero-order valence-corrected chi connectivity index (χ0v) is 17.1. The summed E-state index contributed by atoms with van der Waals surface area (Å²) in [6, 6.07) is 12.1. The molecular weight excluding hydrogens is 354 g/mol. The topological polar surface area (TPSA) is 59.0 Å². The quantitative estimate of drug-likeness (QED) is 0.741. The molecule has 0 aliphatic carbocycles. The van der Waals surface area contributed by atoms with Crippen LogP contribution in [-0.2, 0) is 17.9 Å². The Morgan fingerprint density at radius 3 is 2.39 bits per heavy atom. The van der Waals surface area contributed by atoms with Gasteiger partial charge in [0.1, 0.15) is 18.1 Å². The normalized spacial score (nSPS) is 14.8. The molecule has 1 fully saturated rings. The summed E-state index contributed by atoms with van der Waals surface area (Å²) in [5.74, 6) is 0.833. The van der Waals surface area contributed by atoms with Crippen LogP contribution in [0.4, 0.5) is 0 Å². The van der Waals surface area contributed by atoms with Crippen LogP contribution in [-0.4, -0.2) is 35.2 Å². The molecule has 2 aromatic carbocycles. The van der Waals surface area contributed by atoms with Crippen molar-refractivity contribution in [1.82, 2.24) is 4.90 Å². The van der Waals surface area contributed by atoms with Gasteiger partial charge in [-0.15, -0.1) is 0 Å². The first-order valence-electron chi connectivity index (χ1n) is 9.76. The van der Waals surface area contributed by atoms with E-state index in [1.807, 2.05) is 44.2 Å². The SMILES string of the molecule is Cc1c(CN2CC(C(=O)O)C2)ccc(OCc2ccc(OC(C)C)cc2)c1C. The van der Waals surface area contributed by atoms with Crippen LogP contribution in [0, 0.1) is 19.8 Å². The minimum absolute atomic E-state index is 0.164. The van der Waals surface area contributed by atoms with E-state index in [4.69, 9.17) is 14.6 Å². The highest BCUT2D eigenvalue weighted by Crippen LogP contribution is 2.28. The van der Waals surface area contributed by atoms with Crippen LogP contribution in [0.2, 0.25) is 0 Å². The van der Waals surface area contributed by atoms with Gasteiger partial charge in [0.2, 0.25) is 0 Å². The Hall–Kier alpha value is -2.53. The molecule has 0 unspecified atom stereocenters. The first-order chi connectivity index (χ1) is 13.3. The molecular formula is C23H29NO4. The fourth-order valence-corrected chi connectivity index (χ4v) is 3.37. The maximum absolute atomic E-state index is 10.9. The van der Waals surface area contributed by atoms with Gasteiger partial charge >= 0.3 is 5.97 Å². The van der Waals surface area contributed by atoms with E-state index < -0.39 is 5.97 Å². The van der Waals surface area contributed by atoms with Crippen molar-refractivity contribution in [3.05, 3.63) is 58.7 Å². The molecule has 2 aromatic rings. The molecule has 3 rings (SSSR count). The number of carboxylic acid groups (broad SMARTS) is 1. The number of hydrogen-bond acceptors (Lipinski definition) is 4. The summed E-state index contributed by atoms with van der Waals surface area (Å²) >= 11 is 0. The first-order valence-corrected chi connectivity index (χ1v) is 9.76. The summed E-state index contributed by atoms with van der Waals surface area (Å²) in [5, 5.41) is 9.01. The number of carboxylic acids is 1. The van der Waals surface area contributed by atoms with Crippen molar-refractivity contribution in [1.29, 1.82) is 0 Å². The Balaban J connectivity index is 1.58. The molecule has 0 atom stereocenters. The molecule has 150 valence electrons. The molecule has 0 spiro atoms. The van der Waals surface area contributed by atoms with Gasteiger partial charge < -0.3 is 14.6 Å². The molecule has 1 N–H and O–H groups in total. The molecule has 1 saturated heterocycles. The van der Waals surface area contributed by atoms with Crippen LogP contribution < -0.4 is 9.47 Å². The van der Waals surface area contributed by atoms with Gasteiger partial charge in [-0.1, -0.05) is 18.2 Å². The summed E-state index contributed by atoms with van der Waals surface area (Å²) in [6.45, 7) is 10.7. The van der Waals surface area contributed by atoms with Gasteiger partial charge in [-0.05, 0) is 68.1 Å². The molecule has 28 heavy (non-hydrogen) atoms. The number of nitrogens with zero attached hydrogens (tertiary/aromatic N) is 1. The molecule has 0 bridgehead atoms. The third-order valence-electron chi connectivity index (χ3n) is 5.24. The molecule has 5 nitrogen and oxygen atoms in total. The van der Waals surface area contributed by atoms with E-state index in [9.17, 15) is 4.79 Å². The average molecular weight is 383 g/mol. The predicted octanol–water partition coefficient (Wildman–Crippen LogP) is 4.19. The number of ether oxygens (including phenoxy) is 2. The molecule has 1 aliphatic heterocycles. The van der Waals surface area contributed by atoms with E-state index in [0.29, 0.717) is 19.7 Å². The Morgan fingerprint density at radius 1 is 1.11 bits per heavy atom. The molecule has 0 saturated carbocycles. The number of hydrogen-bond donors (Lipinski definition) is 1. The summed E-state index contributed by atoms with van der Waals surface area (Å²) in [5.41, 5.74) is 4.66. The smallest absolute Gasteiger partial charge is 0.309 e. The second kappa shape index (κ2) is 8.65. The molecule has 0 aromatic heterocycles. The van der Waals surface area contributed by atoms with Crippen molar-refractivity contribution in [3.63, 3.8) is 0 Å². The number of aliphatic carboxylic acids is 1. The van der Waals surface area contributed by atoms with Gasteiger partial charge in [0.05, 0.1) is 12.0 Å². The lowest BCUT2D eigenvalue weighted by Gasteiger charge is -2.37. The fourth-order valence-electron chi connectivity index (χ4n) is 3.37. The van der Waals surface area contributed by atoms with Crippen molar-refractivity contribution in [2.24, 2.45) is 5.92 Å². The lowest BCUT2D eigenvalue weighted by atomic mass is 9.97. The van der Waals surface area contributed by atoms with E-state index >= 15 is 0 Å². The van der Waals surface area contributed by atoms with Gasteiger partial charge in [0.15, 0.2) is 0 Å². The minimum Gasteiger partial charge on any atom is -0.491 e. The van der Waals surface area contributed by atoms with E-state index in [0.717, 1.165) is 29.2 Å². The van der Waals surface area contributed by atoms with E-state index in [1.54, 1.807) is 0 Å². The summed E-state index contributed by atoms with van der Waals surface area (Å²) in [7, 11) is 0. The summed E-state index contributed by atoms with van der Waals surface area (Å²) in [4.78, 5) is 13.1. The van der Waals surface area contributed by atoms with E-state index in [2.05, 4.69) is 24.8 Å². The monoisotopic (exact) mass is 383 g/mol. The highest BCUT2D eigenvalue weighted by atomic mass is 16.5. The van der Waals surface area contributed by atoms with Crippen molar-refractivity contribution < 1.29 is 19.4 Å². The third-order valence-corrected chi connectivity index (χ3v) is 5.24. The van der Waals surface area contributed by atoms with Crippen molar-refractivity contribution in [2.45, 2.75) is 47.0 Å². The maximum atomic E-state index is 10.9. The lowest BCUT2D eigenvalue weighted by molar-refractivity contribution is -0.147. The molecule has 5 heteroatoms. The predicted molar refractivity (Wildman–Crippen MR) is 109 cm³/mol. The van der Waals surface area contributed by atoms with Gasteiger partial charge in [0, 0.05) is 19.6 Å². The Morgan fingerprint density at radius 2 is 1.79 bits per heavy atom. The van der Waals surface area contributed by atoms with E-state index in [1.165, 1.54) is 11.1 Å². The Bertz CT molecular complexity index is 823. The number of rotatable bonds is 8. The Kier molecular flexibility index (Phi) is 6.25. The lowest BCUT2D eigenvalue weighted by Crippen LogP contribution is -2.49. The van der Waals surface area contributed by atoms with Crippen LogP contribution in [0.1, 0.15) is 36.1 Å². The zero-order valence-electron chi connectivity index (χ0n) is 17.1. The van der Waals surface area contributed by atoms with Crippen LogP contribution in [0.5, 0.6) is 11.5 Å². The second-order valence-corrected chi connectivity index (χ2v) is 7.80. The van der Waals surface area contributed by atoms with Crippen molar-refractivity contribution >= 4 is 5.97 Å². The molecule has 0 radical (unpaired) electrons. The summed E-state index contributed by atoms with van der Waals surface area (Å²) in [6.07, 6.45) is 0.164. The highest BCUT2D eigenvalue weighted by Gasteiger charge is 2.32. The number of likely N-dealkylation sites (tertiary alicyclic amines) is 1. The zero-order chi connectivity index (χ0) is 20.3. The van der Waals surface area contributed by atoms with Crippen LogP contribution in [0.15, 0.2) is 36.4 Å². The van der Waals surface area contributed by atoms with Gasteiger partial charge in [-0.3, -0.25) is 9.69 Å². The average Bonchev–Trinajstić information content (AvgIpc) is 2.60. The van der Waals surface area contributed by atoms with Gasteiger partial charge in [-0.2, -0.15) is 0 Å². The van der Waals surface area contributed by atoms with Crippen LogP contribution >= 0.6 is 0 Å². The van der Waals surface area contributed by atoms with Crippen LogP contribution in [0.3, 0.4) is 0 Å². The Labute approximate surface area is 166 Å². The molecule has 0 amide bonds. The first kappa shape index (κ1) is 20.2. The fraction of sp³-hybridized carbons (Fsp3) is 0.435. The van der Waals surface area contributed by atoms with Gasteiger partial charge in [-0.25, -0.2) is 0 Å². The largest absolute Gasteiger partial charge is 0.491 e. The second-order valence-electron chi connectivity index (χ2n) is 7.80. The van der Waals surface area contributed by atoms with Crippen molar-refractivity contribution in [2.75, 3.05) is 13.1 Å². The third kappa shape index (κ3) is 4.84. The standard InChI is InChI=1S/C23H29NO4/c1-15(2)28-21-8-5-18(6-9-21)14-27-22-10-7-19(16(3)17(22)4)11-24-12-20(13-24)23(25)26/h5-10,15,20H,11-14H2,1-4H3,(H,25,26). The number of carbonyl (C=O) groups is 1. The van der Waals surface area contributed by atoms with Gasteiger partial charge in [0.25, 0.3) is 0 Å². The van der Waals surface area contributed by atoms with E-state index in [-0.39, 0.29) is 12.0 Å². The van der Waals surface area contributed by atoms with Crippen molar-refractivity contribution in [3.8, 4) is 11.5 Å². The van der Waals surface area contributed by atoms with Crippen LogP contribution in [0.25, 0.3) is 0 Å². The minimum atomic E-state index is -0.697. The highest BCUT2D eigenvalue weighted by molar-refractivity contribution is 5.71. The molecule has 1 aliphatic rings. The maximum Gasteiger partial charge on any atom is 0.309 e.